The largest absolute Gasteiger partial charge is 0.361 e. The first kappa shape index (κ1) is 24.4. The molecule has 1 atom stereocenters. The van der Waals surface area contributed by atoms with Crippen molar-refractivity contribution in [3.63, 3.8) is 0 Å². The van der Waals surface area contributed by atoms with E-state index in [4.69, 9.17) is 0 Å². The molecule has 1 saturated carbocycles. The minimum atomic E-state index is -0.176. The van der Waals surface area contributed by atoms with Gasteiger partial charge < -0.3 is 15.1 Å². The summed E-state index contributed by atoms with van der Waals surface area (Å²) in [6.07, 6.45) is 6.56. The van der Waals surface area contributed by atoms with Crippen LogP contribution >= 0.6 is 0 Å². The number of nitrogens with one attached hydrogen (secondary N) is 1. The zero-order chi connectivity index (χ0) is 25.9. The van der Waals surface area contributed by atoms with E-state index in [0.29, 0.717) is 11.5 Å². The lowest BCUT2D eigenvalue weighted by Gasteiger charge is -2.34. The summed E-state index contributed by atoms with van der Waals surface area (Å²) in [7, 11) is 0. The molecular weight excluding hydrogens is 472 g/mol. The number of hydrogen-bond acceptors (Lipinski definition) is 4. The lowest BCUT2D eigenvalue weighted by atomic mass is 10.1. The summed E-state index contributed by atoms with van der Waals surface area (Å²) < 4.78 is 0. The van der Waals surface area contributed by atoms with Gasteiger partial charge in [-0.2, -0.15) is 0 Å². The second-order valence-corrected chi connectivity index (χ2v) is 10.5. The molecule has 0 bridgehead atoms. The highest BCUT2D eigenvalue weighted by molar-refractivity contribution is 5.99. The van der Waals surface area contributed by atoms with Crippen LogP contribution in [0.5, 0.6) is 0 Å². The van der Waals surface area contributed by atoms with Crippen molar-refractivity contribution in [1.82, 2.24) is 14.7 Å². The zero-order valence-corrected chi connectivity index (χ0v) is 21.6. The van der Waals surface area contributed by atoms with Crippen molar-refractivity contribution in [1.29, 1.82) is 0 Å². The van der Waals surface area contributed by atoms with Gasteiger partial charge in [0, 0.05) is 61.6 Å². The normalized spacial score (nSPS) is 19.7. The third-order valence-electron chi connectivity index (χ3n) is 7.78. The predicted octanol–water partition coefficient (Wildman–Crippen LogP) is 5.13. The molecule has 1 aliphatic carbocycles. The van der Waals surface area contributed by atoms with Crippen LogP contribution in [0.3, 0.4) is 0 Å². The Bertz CT molecular complexity index is 1310. The average molecular weight is 507 g/mol. The van der Waals surface area contributed by atoms with Crippen LogP contribution in [0.4, 0.5) is 5.69 Å². The van der Waals surface area contributed by atoms with Crippen molar-refractivity contribution < 1.29 is 9.59 Å². The maximum absolute atomic E-state index is 13.2. The number of nitrogens with zero attached hydrogens (tertiary/aromatic N) is 3. The molecule has 0 radical (unpaired) electrons. The van der Waals surface area contributed by atoms with E-state index in [9.17, 15) is 9.59 Å². The van der Waals surface area contributed by atoms with Crippen LogP contribution in [0, 0.1) is 5.92 Å². The van der Waals surface area contributed by atoms with Gasteiger partial charge in [-0.05, 0) is 54.7 Å². The van der Waals surface area contributed by atoms with Crippen LogP contribution in [-0.4, -0.2) is 65.8 Å². The number of benzene rings is 3. The van der Waals surface area contributed by atoms with Gasteiger partial charge in [0.1, 0.15) is 6.17 Å². The molecule has 1 saturated heterocycles. The van der Waals surface area contributed by atoms with Gasteiger partial charge in [-0.15, -0.1) is 0 Å². The minimum Gasteiger partial charge on any atom is -0.361 e. The van der Waals surface area contributed by atoms with Crippen molar-refractivity contribution in [2.45, 2.75) is 19.0 Å². The fourth-order valence-corrected chi connectivity index (χ4v) is 5.38. The van der Waals surface area contributed by atoms with Gasteiger partial charge in [0.15, 0.2) is 0 Å². The molecule has 194 valence electrons. The molecular formula is C32H34N4O2. The Hall–Kier alpha value is -3.90. The molecule has 1 N–H and O–H groups in total. The Kier molecular flexibility index (Phi) is 6.97. The second-order valence-electron chi connectivity index (χ2n) is 10.5. The molecule has 3 aromatic rings. The number of carbonyl (C=O) groups excluding carboxylic acids is 2. The monoisotopic (exact) mass is 506 g/mol. The predicted molar refractivity (Wildman–Crippen MR) is 151 cm³/mol. The van der Waals surface area contributed by atoms with E-state index < -0.39 is 0 Å². The van der Waals surface area contributed by atoms with Crippen LogP contribution in [0.25, 0.3) is 6.08 Å². The van der Waals surface area contributed by atoms with Crippen molar-refractivity contribution in [3.05, 3.63) is 107 Å². The summed E-state index contributed by atoms with van der Waals surface area (Å²) in [5.41, 5.74) is 4.62. The molecule has 2 amide bonds. The van der Waals surface area contributed by atoms with Crippen molar-refractivity contribution >= 4 is 23.6 Å². The fourth-order valence-electron chi connectivity index (χ4n) is 5.38. The topological polar surface area (TPSA) is 55.9 Å². The molecule has 2 fully saturated rings. The standard InChI is InChI=1S/C32H34N4O2/c37-31(35-21-19-34(20-22-35)18-6-9-24-7-2-1-3-8-24)26-14-16-27(17-15-26)33-30-28-10-4-5-11-29(28)32(38)36(30)23-25-12-13-25/h1-11,14-17,25,30,33H,12-13,18-23H2. The van der Waals surface area contributed by atoms with Gasteiger partial charge in [-0.25, -0.2) is 0 Å². The first-order valence-electron chi connectivity index (χ1n) is 13.7. The Balaban J connectivity index is 1.05. The van der Waals surface area contributed by atoms with Gasteiger partial charge in [0.25, 0.3) is 11.8 Å². The van der Waals surface area contributed by atoms with E-state index in [1.165, 1.54) is 18.4 Å². The number of hydrogen-bond donors (Lipinski definition) is 1. The van der Waals surface area contributed by atoms with E-state index in [2.05, 4.69) is 34.5 Å². The molecule has 2 aliphatic heterocycles. The number of anilines is 1. The van der Waals surface area contributed by atoms with Gasteiger partial charge in [-0.3, -0.25) is 14.5 Å². The molecule has 6 heteroatoms. The number of rotatable bonds is 8. The quantitative estimate of drug-likeness (QED) is 0.460. The molecule has 6 nitrogen and oxygen atoms in total. The van der Waals surface area contributed by atoms with E-state index in [0.717, 1.165) is 56.1 Å². The molecule has 6 rings (SSSR count). The summed E-state index contributed by atoms with van der Waals surface area (Å²) in [6.45, 7) is 4.88. The highest BCUT2D eigenvalue weighted by atomic mass is 16.2. The highest BCUT2D eigenvalue weighted by Crippen LogP contribution is 2.39. The summed E-state index contributed by atoms with van der Waals surface area (Å²) >= 11 is 0. The lowest BCUT2D eigenvalue weighted by molar-refractivity contribution is 0.0650. The highest BCUT2D eigenvalue weighted by Gasteiger charge is 2.39. The molecule has 2 heterocycles. The molecule has 38 heavy (non-hydrogen) atoms. The first-order chi connectivity index (χ1) is 18.7. The average Bonchev–Trinajstić information content (AvgIpc) is 3.76. The van der Waals surface area contributed by atoms with Crippen LogP contribution in [-0.2, 0) is 0 Å². The Morgan fingerprint density at radius 1 is 0.868 bits per heavy atom. The van der Waals surface area contributed by atoms with Crippen LogP contribution < -0.4 is 5.32 Å². The van der Waals surface area contributed by atoms with Gasteiger partial charge in [0.05, 0.1) is 0 Å². The molecule has 3 aromatic carbocycles. The SMILES string of the molecule is O=C(c1ccc(NC2c3ccccc3C(=O)N2CC2CC2)cc1)N1CCN(CC=Cc2ccccc2)CC1. The van der Waals surface area contributed by atoms with E-state index in [1.807, 2.05) is 76.5 Å². The maximum Gasteiger partial charge on any atom is 0.256 e. The molecule has 1 unspecified atom stereocenters. The zero-order valence-electron chi connectivity index (χ0n) is 21.6. The van der Waals surface area contributed by atoms with Gasteiger partial charge in [-0.1, -0.05) is 60.7 Å². The first-order valence-corrected chi connectivity index (χ1v) is 13.7. The van der Waals surface area contributed by atoms with Gasteiger partial charge in [0.2, 0.25) is 0 Å². The van der Waals surface area contributed by atoms with E-state index in [-0.39, 0.29) is 18.0 Å². The Morgan fingerprint density at radius 3 is 2.32 bits per heavy atom. The van der Waals surface area contributed by atoms with Crippen molar-refractivity contribution in [2.75, 3.05) is 44.6 Å². The van der Waals surface area contributed by atoms with E-state index in [1.54, 1.807) is 0 Å². The number of piperazine rings is 1. The molecule has 3 aliphatic rings. The van der Waals surface area contributed by atoms with E-state index >= 15 is 0 Å². The van der Waals surface area contributed by atoms with Crippen LogP contribution in [0.15, 0.2) is 84.9 Å². The summed E-state index contributed by atoms with van der Waals surface area (Å²) in [6, 6.07) is 25.9. The van der Waals surface area contributed by atoms with Crippen molar-refractivity contribution in [3.8, 4) is 0 Å². The minimum absolute atomic E-state index is 0.0766. The third-order valence-corrected chi connectivity index (χ3v) is 7.78. The lowest BCUT2D eigenvalue weighted by Crippen LogP contribution is -2.48. The van der Waals surface area contributed by atoms with Crippen LogP contribution in [0.1, 0.15) is 50.9 Å². The van der Waals surface area contributed by atoms with Gasteiger partial charge >= 0.3 is 0 Å². The summed E-state index contributed by atoms with van der Waals surface area (Å²) in [5.74, 6) is 0.789. The summed E-state index contributed by atoms with van der Waals surface area (Å²) in [5, 5.41) is 3.56. The van der Waals surface area contributed by atoms with Crippen LogP contribution in [0.2, 0.25) is 0 Å². The number of fused-ring (bicyclic) bond motifs is 1. The maximum atomic E-state index is 13.2. The second kappa shape index (κ2) is 10.8. The molecule has 0 aromatic heterocycles. The fraction of sp³-hybridized carbons (Fsp3) is 0.312. The Labute approximate surface area is 224 Å². The third kappa shape index (κ3) is 5.36. The summed E-state index contributed by atoms with van der Waals surface area (Å²) in [4.78, 5) is 32.5. The smallest absolute Gasteiger partial charge is 0.256 e. The number of carbonyl (C=O) groups is 2. The molecule has 0 spiro atoms. The Morgan fingerprint density at radius 2 is 1.58 bits per heavy atom. The van der Waals surface area contributed by atoms with Crippen molar-refractivity contribution in [2.24, 2.45) is 5.92 Å². The number of amides is 2.